The predicted molar refractivity (Wildman–Crippen MR) is 83.7 cm³/mol. The summed E-state index contributed by atoms with van der Waals surface area (Å²) in [6.45, 7) is 4.53. The third-order valence-electron chi connectivity index (χ3n) is 4.38. The van der Waals surface area contributed by atoms with E-state index in [0.717, 1.165) is 23.5 Å². The van der Waals surface area contributed by atoms with Gasteiger partial charge in [0.15, 0.2) is 0 Å². The van der Waals surface area contributed by atoms with Gasteiger partial charge in [0.25, 0.3) is 0 Å². The van der Waals surface area contributed by atoms with Crippen LogP contribution in [0.3, 0.4) is 0 Å². The molecule has 0 amide bonds. The summed E-state index contributed by atoms with van der Waals surface area (Å²) in [5, 5.41) is 3.56. The fourth-order valence-electron chi connectivity index (χ4n) is 3.29. The van der Waals surface area contributed by atoms with E-state index in [2.05, 4.69) is 19.2 Å². The summed E-state index contributed by atoms with van der Waals surface area (Å²) in [5.74, 6) is 0.770. The van der Waals surface area contributed by atoms with Gasteiger partial charge in [0.05, 0.1) is 23.2 Å². The lowest BCUT2D eigenvalue weighted by molar-refractivity contribution is 0.180. The van der Waals surface area contributed by atoms with Crippen LogP contribution >= 0.6 is 0 Å². The number of benzene rings is 1. The molecule has 0 saturated heterocycles. The molecule has 1 aliphatic carbocycles. The van der Waals surface area contributed by atoms with E-state index in [1.807, 2.05) is 31.3 Å². The molecule has 0 aromatic heterocycles. The molecule has 1 saturated carbocycles. The van der Waals surface area contributed by atoms with Crippen molar-refractivity contribution in [3.63, 3.8) is 0 Å². The van der Waals surface area contributed by atoms with Gasteiger partial charge < -0.3 is 10.1 Å². The second kappa shape index (κ2) is 6.27. The molecule has 3 atom stereocenters. The van der Waals surface area contributed by atoms with Crippen molar-refractivity contribution in [3.05, 3.63) is 24.3 Å². The average Bonchev–Trinajstić information content (AvgIpc) is 2.45. The highest BCUT2D eigenvalue weighted by Crippen LogP contribution is 2.39. The molecule has 0 spiro atoms. The summed E-state index contributed by atoms with van der Waals surface area (Å²) >= 11 is 0. The van der Waals surface area contributed by atoms with Crippen molar-refractivity contribution in [2.45, 2.75) is 49.3 Å². The van der Waals surface area contributed by atoms with Gasteiger partial charge in [-0.15, -0.1) is 0 Å². The number of hydrogen-bond acceptors (Lipinski definition) is 3. The van der Waals surface area contributed by atoms with E-state index in [0.29, 0.717) is 0 Å². The van der Waals surface area contributed by atoms with E-state index in [1.54, 1.807) is 7.11 Å². The van der Waals surface area contributed by atoms with Gasteiger partial charge in [0.2, 0.25) is 0 Å². The van der Waals surface area contributed by atoms with Crippen molar-refractivity contribution >= 4 is 10.8 Å². The molecule has 0 bridgehead atoms. The van der Waals surface area contributed by atoms with Crippen molar-refractivity contribution in [1.29, 1.82) is 0 Å². The summed E-state index contributed by atoms with van der Waals surface area (Å²) in [6, 6.07) is 7.91. The lowest BCUT2D eigenvalue weighted by atomic mass is 9.73. The molecule has 1 N–H and O–H groups in total. The van der Waals surface area contributed by atoms with Crippen molar-refractivity contribution in [2.24, 2.45) is 5.41 Å². The standard InChI is InChI=1S/C16H25NO2S/c1-16(2)10-6-9-14(15(16)17-3)20(18)13-8-5-7-12(11-13)19-4/h5,7-8,11,14-15,17H,6,9-10H2,1-4H3. The summed E-state index contributed by atoms with van der Waals surface area (Å²) in [7, 11) is 2.62. The highest BCUT2D eigenvalue weighted by Gasteiger charge is 2.41. The minimum absolute atomic E-state index is 0.163. The molecule has 0 aliphatic heterocycles. The van der Waals surface area contributed by atoms with Gasteiger partial charge in [0, 0.05) is 10.9 Å². The summed E-state index contributed by atoms with van der Waals surface area (Å²) in [6.07, 6.45) is 3.34. The first kappa shape index (κ1) is 15.5. The molecule has 4 heteroatoms. The Hall–Kier alpha value is -0.870. The van der Waals surface area contributed by atoms with E-state index >= 15 is 0 Å². The first-order valence-corrected chi connectivity index (χ1v) is 8.43. The molecule has 3 nitrogen and oxygen atoms in total. The molecule has 0 radical (unpaired) electrons. The summed E-state index contributed by atoms with van der Waals surface area (Å²) in [5.41, 5.74) is 0.187. The Morgan fingerprint density at radius 3 is 2.80 bits per heavy atom. The molecule has 1 fully saturated rings. The Labute approximate surface area is 124 Å². The zero-order valence-electron chi connectivity index (χ0n) is 12.8. The van der Waals surface area contributed by atoms with Crippen LogP contribution in [0.1, 0.15) is 33.1 Å². The maximum atomic E-state index is 12.9. The Morgan fingerprint density at radius 1 is 1.40 bits per heavy atom. The fourth-order valence-corrected chi connectivity index (χ4v) is 5.22. The van der Waals surface area contributed by atoms with Crippen LogP contribution in [0, 0.1) is 5.41 Å². The van der Waals surface area contributed by atoms with Gasteiger partial charge >= 0.3 is 0 Å². The second-order valence-electron chi connectivity index (χ2n) is 6.16. The highest BCUT2D eigenvalue weighted by atomic mass is 32.2. The first-order chi connectivity index (χ1) is 9.49. The van der Waals surface area contributed by atoms with E-state index in [1.165, 1.54) is 6.42 Å². The topological polar surface area (TPSA) is 38.3 Å². The molecule has 1 aliphatic rings. The molecule has 1 aromatic rings. The number of methoxy groups -OCH3 is 1. The van der Waals surface area contributed by atoms with Crippen LogP contribution in [0.5, 0.6) is 5.75 Å². The first-order valence-electron chi connectivity index (χ1n) is 7.21. The summed E-state index contributed by atoms with van der Waals surface area (Å²) in [4.78, 5) is 0.868. The Kier molecular flexibility index (Phi) is 4.86. The van der Waals surface area contributed by atoms with Gasteiger partial charge in [-0.05, 0) is 43.5 Å². The Bertz CT molecular complexity index is 487. The van der Waals surface area contributed by atoms with Crippen molar-refractivity contribution in [2.75, 3.05) is 14.2 Å². The van der Waals surface area contributed by atoms with E-state index in [9.17, 15) is 4.21 Å². The van der Waals surface area contributed by atoms with E-state index in [-0.39, 0.29) is 16.7 Å². The predicted octanol–water partition coefficient (Wildman–Crippen LogP) is 2.97. The van der Waals surface area contributed by atoms with Crippen LogP contribution in [-0.4, -0.2) is 29.7 Å². The van der Waals surface area contributed by atoms with Crippen LogP contribution in [0.2, 0.25) is 0 Å². The molecule has 20 heavy (non-hydrogen) atoms. The second-order valence-corrected chi connectivity index (χ2v) is 7.83. The Balaban J connectivity index is 2.26. The van der Waals surface area contributed by atoms with Gasteiger partial charge in [-0.2, -0.15) is 0 Å². The number of rotatable bonds is 4. The van der Waals surface area contributed by atoms with Gasteiger partial charge in [0.1, 0.15) is 5.75 Å². The van der Waals surface area contributed by atoms with Crippen LogP contribution < -0.4 is 10.1 Å². The lowest BCUT2D eigenvalue weighted by Crippen LogP contribution is -2.52. The highest BCUT2D eigenvalue weighted by molar-refractivity contribution is 7.85. The largest absolute Gasteiger partial charge is 0.497 e. The number of nitrogens with one attached hydrogen (secondary N) is 1. The van der Waals surface area contributed by atoms with Crippen molar-refractivity contribution in [3.8, 4) is 5.75 Å². The molecule has 1 aromatic carbocycles. The normalized spacial score (nSPS) is 27.0. The Morgan fingerprint density at radius 2 is 2.15 bits per heavy atom. The summed E-state index contributed by atoms with van der Waals surface area (Å²) < 4.78 is 18.2. The molecular formula is C16H25NO2S. The van der Waals surface area contributed by atoms with E-state index < -0.39 is 10.8 Å². The van der Waals surface area contributed by atoms with Crippen LogP contribution in [0.25, 0.3) is 0 Å². The average molecular weight is 295 g/mol. The molecular weight excluding hydrogens is 270 g/mol. The third-order valence-corrected chi connectivity index (χ3v) is 6.16. The third kappa shape index (κ3) is 3.07. The van der Waals surface area contributed by atoms with Crippen LogP contribution in [-0.2, 0) is 10.8 Å². The maximum absolute atomic E-state index is 12.9. The lowest BCUT2D eigenvalue weighted by Gasteiger charge is -2.43. The minimum Gasteiger partial charge on any atom is -0.497 e. The van der Waals surface area contributed by atoms with Gasteiger partial charge in [-0.3, -0.25) is 4.21 Å². The molecule has 0 heterocycles. The zero-order chi connectivity index (χ0) is 14.8. The van der Waals surface area contributed by atoms with Crippen LogP contribution in [0.4, 0.5) is 0 Å². The zero-order valence-corrected chi connectivity index (χ0v) is 13.6. The van der Waals surface area contributed by atoms with Crippen molar-refractivity contribution < 1.29 is 8.95 Å². The van der Waals surface area contributed by atoms with E-state index in [4.69, 9.17) is 4.74 Å². The van der Waals surface area contributed by atoms with Crippen molar-refractivity contribution in [1.82, 2.24) is 5.32 Å². The maximum Gasteiger partial charge on any atom is 0.120 e. The smallest absolute Gasteiger partial charge is 0.120 e. The molecule has 2 rings (SSSR count). The minimum atomic E-state index is -1.00. The SMILES string of the molecule is CNC1C(S(=O)c2cccc(OC)c2)CCCC1(C)C. The van der Waals surface area contributed by atoms with Gasteiger partial charge in [-0.25, -0.2) is 0 Å². The van der Waals surface area contributed by atoms with Gasteiger partial charge in [-0.1, -0.05) is 26.3 Å². The van der Waals surface area contributed by atoms with Crippen LogP contribution in [0.15, 0.2) is 29.2 Å². The number of ether oxygens (including phenoxy) is 1. The monoisotopic (exact) mass is 295 g/mol. The molecule has 112 valence electrons. The fraction of sp³-hybridized carbons (Fsp3) is 0.625. The number of hydrogen-bond donors (Lipinski definition) is 1. The molecule has 3 unspecified atom stereocenters. The quantitative estimate of drug-likeness (QED) is 0.928.